The summed E-state index contributed by atoms with van der Waals surface area (Å²) in [7, 11) is 0. The lowest BCUT2D eigenvalue weighted by Gasteiger charge is -2.06. The van der Waals surface area contributed by atoms with Crippen LogP contribution in [0, 0.1) is 11.3 Å². The second-order valence-corrected chi connectivity index (χ2v) is 4.81. The molecular formula is C18H14F2N2O2. The Labute approximate surface area is 138 Å². The molecule has 1 N–H and O–H groups in total. The van der Waals surface area contributed by atoms with Gasteiger partial charge in [-0.1, -0.05) is 24.3 Å². The van der Waals surface area contributed by atoms with Gasteiger partial charge < -0.3 is 10.1 Å². The van der Waals surface area contributed by atoms with Gasteiger partial charge >= 0.3 is 6.61 Å². The second kappa shape index (κ2) is 8.44. The molecule has 1 amide bonds. The van der Waals surface area contributed by atoms with Gasteiger partial charge in [-0.2, -0.15) is 14.0 Å². The summed E-state index contributed by atoms with van der Waals surface area (Å²) in [6.45, 7) is -2.59. The number of carbonyl (C=O) groups is 1. The number of nitriles is 1. The maximum atomic E-state index is 12.0. The predicted molar refractivity (Wildman–Crippen MR) is 85.1 cm³/mol. The molecular weight excluding hydrogens is 314 g/mol. The van der Waals surface area contributed by atoms with Gasteiger partial charge in [0, 0.05) is 12.6 Å². The first kappa shape index (κ1) is 17.2. The van der Waals surface area contributed by atoms with E-state index in [1.807, 2.05) is 6.07 Å². The Balaban J connectivity index is 1.84. The third-order valence-corrected chi connectivity index (χ3v) is 3.08. The standard InChI is InChI=1S/C18H14F2N2O2/c19-18(20)24-16-8-5-15(6-9-16)12-22-17(23)10-7-13-1-3-14(11-21)4-2-13/h1-10,18H,12H2,(H,22,23)/b10-7+. The van der Waals surface area contributed by atoms with Crippen LogP contribution >= 0.6 is 0 Å². The number of amides is 1. The number of hydrogen-bond acceptors (Lipinski definition) is 3. The van der Waals surface area contributed by atoms with Gasteiger partial charge in [0.05, 0.1) is 11.6 Å². The Kier molecular flexibility index (Phi) is 6.03. The molecule has 0 aliphatic carbocycles. The highest BCUT2D eigenvalue weighted by atomic mass is 19.3. The molecule has 0 radical (unpaired) electrons. The lowest BCUT2D eigenvalue weighted by molar-refractivity contribution is -0.116. The molecule has 0 aliphatic rings. The summed E-state index contributed by atoms with van der Waals surface area (Å²) in [5.74, 6) is -0.215. The van der Waals surface area contributed by atoms with Crippen molar-refractivity contribution >= 4 is 12.0 Å². The molecule has 0 saturated heterocycles. The average molecular weight is 328 g/mol. The van der Waals surface area contributed by atoms with E-state index in [0.29, 0.717) is 5.56 Å². The van der Waals surface area contributed by atoms with Gasteiger partial charge in [-0.3, -0.25) is 4.79 Å². The summed E-state index contributed by atoms with van der Waals surface area (Å²) in [6.07, 6.45) is 3.02. The van der Waals surface area contributed by atoms with Crippen LogP contribution in [0.2, 0.25) is 0 Å². The Morgan fingerprint density at radius 2 is 1.83 bits per heavy atom. The number of benzene rings is 2. The van der Waals surface area contributed by atoms with Gasteiger partial charge in [0.15, 0.2) is 0 Å². The van der Waals surface area contributed by atoms with Gasteiger partial charge in [0.1, 0.15) is 5.75 Å². The molecule has 4 nitrogen and oxygen atoms in total. The maximum absolute atomic E-state index is 12.0. The van der Waals surface area contributed by atoms with E-state index in [4.69, 9.17) is 5.26 Å². The fourth-order valence-corrected chi connectivity index (χ4v) is 1.88. The Bertz CT molecular complexity index is 748. The van der Waals surface area contributed by atoms with Crippen molar-refractivity contribution in [3.05, 3.63) is 71.3 Å². The first-order valence-electron chi connectivity index (χ1n) is 7.06. The number of nitrogens with one attached hydrogen (secondary N) is 1. The smallest absolute Gasteiger partial charge is 0.387 e. The van der Waals surface area contributed by atoms with Gasteiger partial charge in [-0.05, 0) is 41.5 Å². The van der Waals surface area contributed by atoms with E-state index >= 15 is 0 Å². The topological polar surface area (TPSA) is 62.1 Å². The molecule has 24 heavy (non-hydrogen) atoms. The van der Waals surface area contributed by atoms with E-state index in [1.165, 1.54) is 18.2 Å². The van der Waals surface area contributed by atoms with Crippen LogP contribution in [0.5, 0.6) is 5.75 Å². The predicted octanol–water partition coefficient (Wildman–Crippen LogP) is 3.49. The number of hydrogen-bond donors (Lipinski definition) is 1. The molecule has 0 saturated carbocycles. The van der Waals surface area contributed by atoms with Crippen LogP contribution in [-0.4, -0.2) is 12.5 Å². The number of nitrogens with zero attached hydrogens (tertiary/aromatic N) is 1. The largest absolute Gasteiger partial charge is 0.435 e. The van der Waals surface area contributed by atoms with E-state index in [1.54, 1.807) is 42.5 Å². The summed E-state index contributed by atoms with van der Waals surface area (Å²) in [5.41, 5.74) is 2.12. The van der Waals surface area contributed by atoms with Crippen LogP contribution in [-0.2, 0) is 11.3 Å². The molecule has 0 heterocycles. The van der Waals surface area contributed by atoms with E-state index < -0.39 is 6.61 Å². The lowest BCUT2D eigenvalue weighted by Crippen LogP contribution is -2.20. The van der Waals surface area contributed by atoms with Crippen LogP contribution < -0.4 is 10.1 Å². The third kappa shape index (κ3) is 5.54. The van der Waals surface area contributed by atoms with Crippen molar-refractivity contribution in [1.82, 2.24) is 5.32 Å². The van der Waals surface area contributed by atoms with Crippen LogP contribution in [0.4, 0.5) is 8.78 Å². The van der Waals surface area contributed by atoms with Crippen molar-refractivity contribution < 1.29 is 18.3 Å². The Morgan fingerprint density at radius 3 is 2.42 bits per heavy atom. The Hall–Kier alpha value is -3.20. The van der Waals surface area contributed by atoms with E-state index in [0.717, 1.165) is 11.1 Å². The van der Waals surface area contributed by atoms with Crippen molar-refractivity contribution in [1.29, 1.82) is 5.26 Å². The first-order chi connectivity index (χ1) is 11.6. The van der Waals surface area contributed by atoms with Gasteiger partial charge in [-0.15, -0.1) is 0 Å². The molecule has 0 spiro atoms. The highest BCUT2D eigenvalue weighted by Gasteiger charge is 2.04. The van der Waals surface area contributed by atoms with E-state index in [-0.39, 0.29) is 18.2 Å². The highest BCUT2D eigenvalue weighted by molar-refractivity contribution is 5.91. The zero-order valence-corrected chi connectivity index (χ0v) is 12.6. The number of rotatable bonds is 6. The van der Waals surface area contributed by atoms with Crippen LogP contribution in [0.15, 0.2) is 54.6 Å². The molecule has 122 valence electrons. The van der Waals surface area contributed by atoms with Crippen LogP contribution in [0.25, 0.3) is 6.08 Å². The van der Waals surface area contributed by atoms with Gasteiger partial charge in [-0.25, -0.2) is 0 Å². The monoisotopic (exact) mass is 328 g/mol. The van der Waals surface area contributed by atoms with Gasteiger partial charge in [0.2, 0.25) is 5.91 Å². The minimum Gasteiger partial charge on any atom is -0.435 e. The summed E-state index contributed by atoms with van der Waals surface area (Å²) in [4.78, 5) is 11.8. The van der Waals surface area contributed by atoms with Crippen molar-refractivity contribution in [2.75, 3.05) is 0 Å². The molecule has 6 heteroatoms. The summed E-state index contributed by atoms with van der Waals surface area (Å²) in [5, 5.41) is 11.4. The maximum Gasteiger partial charge on any atom is 0.387 e. The van der Waals surface area contributed by atoms with Crippen molar-refractivity contribution in [2.24, 2.45) is 0 Å². The molecule has 0 atom stereocenters. The van der Waals surface area contributed by atoms with Crippen LogP contribution in [0.1, 0.15) is 16.7 Å². The number of halogens is 2. The number of carbonyl (C=O) groups excluding carboxylic acids is 1. The normalized spacial score (nSPS) is 10.6. The Morgan fingerprint density at radius 1 is 1.17 bits per heavy atom. The first-order valence-corrected chi connectivity index (χ1v) is 7.06. The number of ether oxygens (including phenoxy) is 1. The molecule has 0 aliphatic heterocycles. The zero-order valence-electron chi connectivity index (χ0n) is 12.6. The zero-order chi connectivity index (χ0) is 17.4. The van der Waals surface area contributed by atoms with Crippen molar-refractivity contribution in [3.8, 4) is 11.8 Å². The second-order valence-electron chi connectivity index (χ2n) is 4.81. The third-order valence-electron chi connectivity index (χ3n) is 3.08. The molecule has 2 aromatic rings. The van der Waals surface area contributed by atoms with Crippen molar-refractivity contribution in [2.45, 2.75) is 13.2 Å². The molecule has 0 unspecified atom stereocenters. The van der Waals surface area contributed by atoms with Crippen LogP contribution in [0.3, 0.4) is 0 Å². The van der Waals surface area contributed by atoms with Crippen molar-refractivity contribution in [3.63, 3.8) is 0 Å². The lowest BCUT2D eigenvalue weighted by atomic mass is 10.1. The average Bonchev–Trinajstić information content (AvgIpc) is 2.59. The number of alkyl halides is 2. The van der Waals surface area contributed by atoms with Gasteiger partial charge in [0.25, 0.3) is 0 Å². The summed E-state index contributed by atoms with van der Waals surface area (Å²) < 4.78 is 28.3. The highest BCUT2D eigenvalue weighted by Crippen LogP contribution is 2.14. The summed E-state index contributed by atoms with van der Waals surface area (Å²) in [6, 6.07) is 14.9. The summed E-state index contributed by atoms with van der Waals surface area (Å²) >= 11 is 0. The van der Waals surface area contributed by atoms with E-state index in [9.17, 15) is 13.6 Å². The molecule has 0 bridgehead atoms. The minimum absolute atomic E-state index is 0.0702. The molecule has 0 fully saturated rings. The minimum atomic E-state index is -2.86. The van der Waals surface area contributed by atoms with E-state index in [2.05, 4.69) is 10.1 Å². The quantitative estimate of drug-likeness (QED) is 0.826. The fraction of sp³-hybridized carbons (Fsp3) is 0.111. The molecule has 2 aromatic carbocycles. The SMILES string of the molecule is N#Cc1ccc(/C=C/C(=O)NCc2ccc(OC(F)F)cc2)cc1. The molecule has 2 rings (SSSR count). The molecule has 0 aromatic heterocycles. The fourth-order valence-electron chi connectivity index (χ4n) is 1.88.